The summed E-state index contributed by atoms with van der Waals surface area (Å²) in [6, 6.07) is 8.69. The summed E-state index contributed by atoms with van der Waals surface area (Å²) in [7, 11) is 0. The van der Waals surface area contributed by atoms with Crippen molar-refractivity contribution in [1.29, 1.82) is 0 Å². The van der Waals surface area contributed by atoms with E-state index in [1.54, 1.807) is 24.3 Å². The Morgan fingerprint density at radius 1 is 1.05 bits per heavy atom. The Bertz CT molecular complexity index is 692. The topological polar surface area (TPSA) is 37.4 Å². The first-order valence-corrected chi connectivity index (χ1v) is 6.84. The molecule has 3 nitrogen and oxygen atoms in total. The first-order valence-electron chi connectivity index (χ1n) is 5.83. The normalized spacial score (nSPS) is 14.3. The summed E-state index contributed by atoms with van der Waals surface area (Å²) in [5.74, 6) is -0.116. The van der Waals surface area contributed by atoms with Gasteiger partial charge in [0.05, 0.1) is 0 Å². The highest BCUT2D eigenvalue weighted by Crippen LogP contribution is 2.33. The molecular formula is C14H10ClNO2S. The number of hydrogen-bond acceptors (Lipinski definition) is 3. The maximum Gasteiger partial charge on any atom is 0.261 e. The van der Waals surface area contributed by atoms with E-state index in [4.69, 9.17) is 11.6 Å². The molecule has 0 N–H and O–H groups in total. The Kier molecular flexibility index (Phi) is 2.99. The fourth-order valence-corrected chi connectivity index (χ4v) is 2.83. The molecule has 2 aromatic carbocycles. The van der Waals surface area contributed by atoms with Gasteiger partial charge in [0.25, 0.3) is 11.8 Å². The number of thiol groups is 1. The van der Waals surface area contributed by atoms with Crippen LogP contribution in [0.4, 0.5) is 0 Å². The summed E-state index contributed by atoms with van der Waals surface area (Å²) >= 11 is 10.2. The van der Waals surface area contributed by atoms with Gasteiger partial charge in [-0.15, -0.1) is 0 Å². The third-order valence-electron chi connectivity index (χ3n) is 3.26. The van der Waals surface area contributed by atoms with Gasteiger partial charge in [0, 0.05) is 39.2 Å². The highest BCUT2D eigenvalue weighted by Gasteiger charge is 2.32. The summed E-state index contributed by atoms with van der Waals surface area (Å²) in [6.07, 6.45) is 0. The van der Waals surface area contributed by atoms with Gasteiger partial charge in [0.1, 0.15) is 0 Å². The van der Waals surface area contributed by atoms with Crippen molar-refractivity contribution in [2.45, 2.75) is 0 Å². The predicted molar refractivity (Wildman–Crippen MR) is 78.2 cm³/mol. The molecule has 1 aliphatic rings. The fraction of sp³-hybridized carbons (Fsp3) is 0.143. The Hall–Kier alpha value is -1.52. The van der Waals surface area contributed by atoms with E-state index in [1.807, 2.05) is 6.07 Å². The van der Waals surface area contributed by atoms with Crippen LogP contribution in [-0.4, -0.2) is 29.0 Å². The van der Waals surface area contributed by atoms with E-state index in [1.165, 1.54) is 4.90 Å². The monoisotopic (exact) mass is 291 g/mol. The molecular weight excluding hydrogens is 282 g/mol. The number of imide groups is 1. The number of hydrogen-bond donors (Lipinski definition) is 1. The third-order valence-corrected chi connectivity index (χ3v) is 3.79. The van der Waals surface area contributed by atoms with Gasteiger partial charge in [-0.3, -0.25) is 14.5 Å². The zero-order valence-electron chi connectivity index (χ0n) is 9.89. The summed E-state index contributed by atoms with van der Waals surface area (Å²) in [4.78, 5) is 25.9. The zero-order chi connectivity index (χ0) is 13.6. The highest BCUT2D eigenvalue weighted by atomic mass is 35.5. The molecule has 0 radical (unpaired) electrons. The van der Waals surface area contributed by atoms with Gasteiger partial charge in [0.2, 0.25) is 0 Å². The Morgan fingerprint density at radius 3 is 2.42 bits per heavy atom. The molecule has 2 amide bonds. The van der Waals surface area contributed by atoms with Crippen LogP contribution in [0.1, 0.15) is 20.7 Å². The lowest BCUT2D eigenvalue weighted by molar-refractivity contribution is 0.0621. The second-order valence-corrected chi connectivity index (χ2v) is 5.16. The van der Waals surface area contributed by atoms with Crippen LogP contribution in [0.25, 0.3) is 10.8 Å². The Morgan fingerprint density at radius 2 is 1.74 bits per heavy atom. The van der Waals surface area contributed by atoms with Crippen molar-refractivity contribution in [1.82, 2.24) is 4.90 Å². The van der Waals surface area contributed by atoms with Crippen molar-refractivity contribution in [3.8, 4) is 0 Å². The molecule has 0 aliphatic carbocycles. The number of rotatable bonds is 2. The van der Waals surface area contributed by atoms with Crippen LogP contribution < -0.4 is 0 Å². The van der Waals surface area contributed by atoms with Gasteiger partial charge in [0.15, 0.2) is 0 Å². The first kappa shape index (κ1) is 12.5. The average molecular weight is 292 g/mol. The van der Waals surface area contributed by atoms with Crippen LogP contribution in [0.15, 0.2) is 30.3 Å². The smallest absolute Gasteiger partial charge is 0.261 e. The van der Waals surface area contributed by atoms with Crippen LogP contribution in [0, 0.1) is 0 Å². The molecule has 0 fully saturated rings. The van der Waals surface area contributed by atoms with Crippen molar-refractivity contribution < 1.29 is 9.59 Å². The minimum absolute atomic E-state index is 0.278. The van der Waals surface area contributed by atoms with Gasteiger partial charge >= 0.3 is 0 Å². The second-order valence-electron chi connectivity index (χ2n) is 4.31. The molecule has 1 heterocycles. The molecule has 3 rings (SSSR count). The van der Waals surface area contributed by atoms with E-state index < -0.39 is 0 Å². The number of carbonyl (C=O) groups is 2. The molecule has 0 aromatic heterocycles. The van der Waals surface area contributed by atoms with E-state index in [9.17, 15) is 9.59 Å². The van der Waals surface area contributed by atoms with Gasteiger partial charge in [-0.05, 0) is 18.2 Å². The number of benzene rings is 2. The molecule has 0 bridgehead atoms. The van der Waals surface area contributed by atoms with Crippen molar-refractivity contribution in [2.75, 3.05) is 12.3 Å². The lowest BCUT2D eigenvalue weighted by Gasteiger charge is -2.26. The summed E-state index contributed by atoms with van der Waals surface area (Å²) in [6.45, 7) is 0.305. The van der Waals surface area contributed by atoms with E-state index >= 15 is 0 Å². The second kappa shape index (κ2) is 4.54. The van der Waals surface area contributed by atoms with E-state index in [0.717, 1.165) is 5.39 Å². The summed E-state index contributed by atoms with van der Waals surface area (Å²) < 4.78 is 0. The van der Waals surface area contributed by atoms with Crippen molar-refractivity contribution in [3.63, 3.8) is 0 Å². The largest absolute Gasteiger partial charge is 0.274 e. The van der Waals surface area contributed by atoms with Crippen molar-refractivity contribution in [2.24, 2.45) is 0 Å². The molecule has 1 aliphatic heterocycles. The zero-order valence-corrected chi connectivity index (χ0v) is 11.5. The lowest BCUT2D eigenvalue weighted by Crippen LogP contribution is -2.41. The van der Waals surface area contributed by atoms with Crippen molar-refractivity contribution >= 4 is 46.8 Å². The fourth-order valence-electron chi connectivity index (χ4n) is 2.41. The van der Waals surface area contributed by atoms with Crippen LogP contribution in [0.2, 0.25) is 5.02 Å². The Labute approximate surface area is 120 Å². The van der Waals surface area contributed by atoms with E-state index in [0.29, 0.717) is 33.8 Å². The van der Waals surface area contributed by atoms with Crippen LogP contribution in [0.3, 0.4) is 0 Å². The highest BCUT2D eigenvalue weighted by molar-refractivity contribution is 7.80. The summed E-state index contributed by atoms with van der Waals surface area (Å²) in [5, 5.41) is 1.94. The van der Waals surface area contributed by atoms with Gasteiger partial charge in [-0.25, -0.2) is 0 Å². The average Bonchev–Trinajstić information content (AvgIpc) is 2.42. The summed E-state index contributed by atoms with van der Waals surface area (Å²) in [5.41, 5.74) is 1.05. The van der Waals surface area contributed by atoms with Gasteiger partial charge in [-0.1, -0.05) is 23.7 Å². The van der Waals surface area contributed by atoms with Crippen LogP contribution in [-0.2, 0) is 0 Å². The number of halogens is 1. The van der Waals surface area contributed by atoms with E-state index in [2.05, 4.69) is 12.6 Å². The number of amides is 2. The van der Waals surface area contributed by atoms with E-state index in [-0.39, 0.29) is 11.8 Å². The molecule has 0 spiro atoms. The lowest BCUT2D eigenvalue weighted by atomic mass is 9.94. The molecule has 19 heavy (non-hydrogen) atoms. The molecule has 5 heteroatoms. The molecule has 0 unspecified atom stereocenters. The number of carbonyl (C=O) groups excluding carboxylic acids is 2. The van der Waals surface area contributed by atoms with Gasteiger partial charge in [-0.2, -0.15) is 12.6 Å². The van der Waals surface area contributed by atoms with Crippen molar-refractivity contribution in [3.05, 3.63) is 46.5 Å². The maximum absolute atomic E-state index is 12.3. The SMILES string of the molecule is O=C1c2cccc3c(Cl)ccc(c23)C(=O)N1CCS. The van der Waals surface area contributed by atoms with Gasteiger partial charge < -0.3 is 0 Å². The van der Waals surface area contributed by atoms with Crippen LogP contribution >= 0.6 is 24.2 Å². The molecule has 96 valence electrons. The molecule has 0 atom stereocenters. The predicted octanol–water partition coefficient (Wildman–Crippen LogP) is 3.02. The maximum atomic E-state index is 12.3. The minimum atomic E-state index is -0.278. The quantitative estimate of drug-likeness (QED) is 0.682. The van der Waals surface area contributed by atoms with Crippen LogP contribution in [0.5, 0.6) is 0 Å². The molecule has 0 saturated heterocycles. The molecule has 0 saturated carbocycles. The standard InChI is InChI=1S/C14H10ClNO2S/c15-11-5-4-10-12-8(11)2-1-3-9(12)13(17)16(6-7-19)14(10)18/h1-5,19H,6-7H2. The third kappa shape index (κ3) is 1.75. The Balaban J connectivity index is 2.35. The number of nitrogens with zero attached hydrogens (tertiary/aromatic N) is 1. The molecule has 2 aromatic rings. The minimum Gasteiger partial charge on any atom is -0.274 e. The first-order chi connectivity index (χ1) is 9.15.